The summed E-state index contributed by atoms with van der Waals surface area (Å²) in [6, 6.07) is 0. The molecule has 5 aliphatic carbocycles. The Hall–Kier alpha value is -0.630. The molecule has 2 heteroatoms. The fourth-order valence-electron chi connectivity index (χ4n) is 7.80. The van der Waals surface area contributed by atoms with Crippen LogP contribution in [-0.2, 0) is 0 Å². The van der Waals surface area contributed by atoms with Gasteiger partial charge in [0.05, 0.1) is 6.10 Å². The number of hydrogen-bond donors (Lipinski definition) is 1. The normalized spacial score (nSPS) is 59.1. The van der Waals surface area contributed by atoms with Gasteiger partial charge in [-0.3, -0.25) is 4.99 Å². The predicted octanol–water partition coefficient (Wildman–Crippen LogP) is 3.99. The second-order valence-corrected chi connectivity index (χ2v) is 9.42. The number of aliphatic hydroxyl groups is 1. The van der Waals surface area contributed by atoms with Gasteiger partial charge in [-0.15, -0.1) is 0 Å². The number of rotatable bonds is 0. The molecule has 0 radical (unpaired) electrons. The molecule has 1 N–H and O–H groups in total. The van der Waals surface area contributed by atoms with E-state index in [4.69, 9.17) is 4.99 Å². The van der Waals surface area contributed by atoms with Crippen LogP contribution in [-0.4, -0.2) is 24.0 Å². The molecule has 1 aliphatic heterocycles. The Morgan fingerprint density at radius 2 is 2.00 bits per heavy atom. The van der Waals surface area contributed by atoms with Crippen molar-refractivity contribution in [2.45, 2.75) is 64.4 Å². The third-order valence-corrected chi connectivity index (χ3v) is 8.77. The molecule has 22 heavy (non-hydrogen) atoms. The van der Waals surface area contributed by atoms with Crippen LogP contribution in [0.15, 0.2) is 17.1 Å². The van der Waals surface area contributed by atoms with E-state index in [2.05, 4.69) is 19.7 Å². The molecule has 1 heterocycles. The highest BCUT2D eigenvalue weighted by Crippen LogP contribution is 2.72. The van der Waals surface area contributed by atoms with Crippen LogP contribution in [0, 0.1) is 34.0 Å². The average molecular weight is 299 g/mol. The average Bonchev–Trinajstić information content (AvgIpc) is 2.50. The zero-order valence-electron chi connectivity index (χ0n) is 13.9. The summed E-state index contributed by atoms with van der Waals surface area (Å²) in [4.78, 5) is 4.89. The lowest BCUT2D eigenvalue weighted by molar-refractivity contribution is -0.185. The molecule has 5 fully saturated rings. The Bertz CT molecular complexity index is 568. The van der Waals surface area contributed by atoms with E-state index in [0.717, 1.165) is 18.0 Å². The second kappa shape index (κ2) is 4.06. The lowest BCUT2D eigenvalue weighted by Gasteiger charge is -2.70. The fourth-order valence-corrected chi connectivity index (χ4v) is 7.80. The highest BCUT2D eigenvalue weighted by molar-refractivity contribution is 5.70. The van der Waals surface area contributed by atoms with E-state index in [9.17, 15) is 5.11 Å². The Morgan fingerprint density at radius 1 is 1.18 bits per heavy atom. The topological polar surface area (TPSA) is 32.6 Å². The summed E-state index contributed by atoms with van der Waals surface area (Å²) in [6.45, 7) is 7.81. The van der Waals surface area contributed by atoms with E-state index in [-0.39, 0.29) is 11.5 Å². The highest BCUT2D eigenvalue weighted by Gasteiger charge is 2.68. The van der Waals surface area contributed by atoms with Crippen molar-refractivity contribution in [3.63, 3.8) is 0 Å². The Labute approximate surface area is 134 Å². The van der Waals surface area contributed by atoms with E-state index in [0.29, 0.717) is 22.7 Å². The first-order valence-electron chi connectivity index (χ1n) is 9.40. The molecule has 0 aromatic rings. The predicted molar refractivity (Wildman–Crippen MR) is 88.9 cm³/mol. The molecule has 0 saturated heterocycles. The Morgan fingerprint density at radius 3 is 2.86 bits per heavy atom. The molecule has 7 atom stereocenters. The summed E-state index contributed by atoms with van der Waals surface area (Å²) >= 11 is 0. The first kappa shape index (κ1) is 13.8. The zero-order valence-corrected chi connectivity index (χ0v) is 13.9. The molecule has 2 nitrogen and oxygen atoms in total. The van der Waals surface area contributed by atoms with E-state index in [1.807, 2.05) is 0 Å². The minimum Gasteiger partial charge on any atom is -0.388 e. The van der Waals surface area contributed by atoms with E-state index >= 15 is 0 Å². The first-order valence-corrected chi connectivity index (χ1v) is 9.40. The van der Waals surface area contributed by atoms with Gasteiger partial charge >= 0.3 is 0 Å². The Kier molecular flexibility index (Phi) is 2.54. The Balaban J connectivity index is 1.66. The van der Waals surface area contributed by atoms with E-state index < -0.39 is 0 Å². The second-order valence-electron chi connectivity index (χ2n) is 9.42. The summed E-state index contributed by atoms with van der Waals surface area (Å²) in [5.41, 5.74) is 2.00. The minimum atomic E-state index is -0.246. The lowest BCUT2D eigenvalue weighted by Crippen LogP contribution is -2.66. The van der Waals surface area contributed by atoms with Gasteiger partial charge in [-0.1, -0.05) is 19.9 Å². The third kappa shape index (κ3) is 1.36. The minimum absolute atomic E-state index is 0.129. The van der Waals surface area contributed by atoms with Crippen molar-refractivity contribution >= 4 is 6.21 Å². The number of hydrogen-bond acceptors (Lipinski definition) is 2. The SMILES string of the molecule is C=C1C(O)[C@]23CC[C@H]1C[C@H]2[C@]12C=NC[C@](C)(CCC1)[C@H]2CC3. The van der Waals surface area contributed by atoms with Gasteiger partial charge in [-0.05, 0) is 73.7 Å². The van der Waals surface area contributed by atoms with Crippen molar-refractivity contribution in [1.29, 1.82) is 0 Å². The van der Waals surface area contributed by atoms with Gasteiger partial charge in [0, 0.05) is 23.6 Å². The fraction of sp³-hybridized carbons (Fsp3) is 0.850. The number of aliphatic hydroxyl groups excluding tert-OH is 1. The summed E-state index contributed by atoms with van der Waals surface area (Å²) in [6.07, 6.45) is 12.5. The van der Waals surface area contributed by atoms with Gasteiger partial charge in [0.2, 0.25) is 0 Å². The summed E-state index contributed by atoms with van der Waals surface area (Å²) < 4.78 is 0. The molecule has 0 aromatic carbocycles. The molecule has 1 unspecified atom stereocenters. The summed E-state index contributed by atoms with van der Waals surface area (Å²) in [5.74, 6) is 2.03. The molecule has 0 amide bonds. The zero-order chi connectivity index (χ0) is 15.2. The van der Waals surface area contributed by atoms with E-state index in [1.54, 1.807) is 0 Å². The van der Waals surface area contributed by atoms with Crippen molar-refractivity contribution in [2.24, 2.45) is 39.0 Å². The molecule has 6 rings (SSSR count). The standard InChI is InChI=1S/C20H29NO/c1-13-14-4-8-19(17(13)22)9-5-15-18(2)6-3-7-20(15,12-21-11-18)16(19)10-14/h12,14-17,22H,1,3-11H2,2H3/t14-,15+,16+,17?,18-,19-,20-/m0/s1. The number of fused-ring (bicyclic) bond motifs is 2. The molecular weight excluding hydrogens is 270 g/mol. The van der Waals surface area contributed by atoms with Crippen LogP contribution >= 0.6 is 0 Å². The van der Waals surface area contributed by atoms with Gasteiger partial charge in [0.25, 0.3) is 0 Å². The van der Waals surface area contributed by atoms with Gasteiger partial charge in [-0.25, -0.2) is 0 Å². The smallest absolute Gasteiger partial charge is 0.0809 e. The van der Waals surface area contributed by atoms with E-state index in [1.165, 1.54) is 51.4 Å². The molecule has 4 bridgehead atoms. The van der Waals surface area contributed by atoms with Crippen molar-refractivity contribution in [1.82, 2.24) is 0 Å². The van der Waals surface area contributed by atoms with Crippen LogP contribution < -0.4 is 0 Å². The quantitative estimate of drug-likeness (QED) is 0.674. The van der Waals surface area contributed by atoms with Crippen molar-refractivity contribution in [3.8, 4) is 0 Å². The largest absolute Gasteiger partial charge is 0.388 e. The van der Waals surface area contributed by atoms with Gasteiger partial charge in [-0.2, -0.15) is 0 Å². The first-order chi connectivity index (χ1) is 10.5. The molecule has 0 aromatic heterocycles. The van der Waals surface area contributed by atoms with Crippen molar-refractivity contribution in [2.75, 3.05) is 6.54 Å². The monoisotopic (exact) mass is 299 g/mol. The van der Waals surface area contributed by atoms with Gasteiger partial charge in [0.1, 0.15) is 0 Å². The number of nitrogens with zero attached hydrogens (tertiary/aromatic N) is 1. The van der Waals surface area contributed by atoms with Crippen LogP contribution in [0.4, 0.5) is 0 Å². The van der Waals surface area contributed by atoms with Crippen LogP contribution in [0.2, 0.25) is 0 Å². The maximum Gasteiger partial charge on any atom is 0.0809 e. The number of aliphatic imine (C=N–C) groups is 1. The van der Waals surface area contributed by atoms with Crippen molar-refractivity contribution < 1.29 is 5.11 Å². The van der Waals surface area contributed by atoms with Crippen LogP contribution in [0.25, 0.3) is 0 Å². The molecule has 6 aliphatic rings. The van der Waals surface area contributed by atoms with Crippen LogP contribution in [0.5, 0.6) is 0 Å². The van der Waals surface area contributed by atoms with Crippen molar-refractivity contribution in [3.05, 3.63) is 12.2 Å². The maximum atomic E-state index is 11.1. The third-order valence-electron chi connectivity index (χ3n) is 8.77. The molecule has 120 valence electrons. The molecular formula is C20H29NO. The lowest BCUT2D eigenvalue weighted by atomic mass is 9.35. The summed E-state index contributed by atoms with van der Waals surface area (Å²) in [5, 5.41) is 11.1. The molecule has 5 saturated carbocycles. The highest BCUT2D eigenvalue weighted by atomic mass is 16.3. The van der Waals surface area contributed by atoms with Crippen LogP contribution in [0.3, 0.4) is 0 Å². The van der Waals surface area contributed by atoms with Gasteiger partial charge < -0.3 is 5.11 Å². The summed E-state index contributed by atoms with van der Waals surface area (Å²) in [7, 11) is 0. The maximum absolute atomic E-state index is 11.1. The molecule has 1 spiro atoms. The van der Waals surface area contributed by atoms with Crippen LogP contribution in [0.1, 0.15) is 58.3 Å². The van der Waals surface area contributed by atoms with Gasteiger partial charge in [0.15, 0.2) is 0 Å².